The minimum absolute atomic E-state index is 0.695. The quantitative estimate of drug-likeness (QED) is 0.371. The summed E-state index contributed by atoms with van der Waals surface area (Å²) < 4.78 is 4.35. The van der Waals surface area contributed by atoms with E-state index in [0.717, 1.165) is 22.7 Å². The summed E-state index contributed by atoms with van der Waals surface area (Å²) in [5, 5.41) is 11.9. The zero-order valence-corrected chi connectivity index (χ0v) is 14.6. The van der Waals surface area contributed by atoms with Crippen LogP contribution in [0, 0.1) is 0 Å². The van der Waals surface area contributed by atoms with Crippen LogP contribution in [0.4, 0.5) is 27.9 Å². The molecule has 0 unspecified atom stereocenters. The van der Waals surface area contributed by atoms with Gasteiger partial charge >= 0.3 is 0 Å². The molecule has 3 aromatic carbocycles. The summed E-state index contributed by atoms with van der Waals surface area (Å²) in [6.07, 6.45) is 0. The van der Waals surface area contributed by atoms with Gasteiger partial charge in [0.1, 0.15) is 4.49 Å². The number of nitrogen functional groups attached to an aromatic ring is 1. The summed E-state index contributed by atoms with van der Waals surface area (Å²) in [4.78, 5) is 1.61. The fourth-order valence-corrected chi connectivity index (χ4v) is 3.04. The third-order valence-corrected chi connectivity index (χ3v) is 4.37. The number of aromatic nitrogens is 3. The molecule has 1 aromatic heterocycles. The molecule has 0 aliphatic heterocycles. The van der Waals surface area contributed by atoms with E-state index < -0.39 is 0 Å². The van der Waals surface area contributed by atoms with Gasteiger partial charge in [-0.1, -0.05) is 42.5 Å². The van der Waals surface area contributed by atoms with Crippen molar-refractivity contribution in [2.24, 2.45) is 0 Å². The number of hydrogen-bond donors (Lipinski definition) is 3. The molecule has 7 heteroatoms. The smallest absolute Gasteiger partial charge is 0.280 e. The number of rotatable bonds is 5. The Hall–Kier alpha value is -3.45. The number of para-hydroxylation sites is 5. The Balaban J connectivity index is 1.58. The van der Waals surface area contributed by atoms with Crippen molar-refractivity contribution in [2.75, 3.05) is 16.4 Å². The number of nitrogens with zero attached hydrogens (tertiary/aromatic N) is 3. The molecule has 0 aliphatic carbocycles. The molecule has 4 N–H and O–H groups in total. The van der Waals surface area contributed by atoms with Crippen LogP contribution in [0.2, 0.25) is 0 Å². The Morgan fingerprint density at radius 3 is 2.08 bits per heavy atom. The van der Waals surface area contributed by atoms with Gasteiger partial charge in [-0.2, -0.15) is 0 Å². The molecule has 128 valence electrons. The average Bonchev–Trinajstić information content (AvgIpc) is 3.14. The van der Waals surface area contributed by atoms with Gasteiger partial charge in [0.05, 0.1) is 44.2 Å². The highest BCUT2D eigenvalue weighted by molar-refractivity contribution is 7.09. The molecule has 0 radical (unpaired) electrons. The molecule has 1 heterocycles. The lowest BCUT2D eigenvalue weighted by Crippen LogP contribution is -2.35. The van der Waals surface area contributed by atoms with Gasteiger partial charge < -0.3 is 16.4 Å². The SMILES string of the molecule is Nc1ccccc1Nc1ccccc1Nc1n[n+](-c2ccccc2)ns1. The third-order valence-electron chi connectivity index (χ3n) is 3.78. The first-order valence-corrected chi connectivity index (χ1v) is 8.86. The summed E-state index contributed by atoms with van der Waals surface area (Å²) in [5.74, 6) is 0. The minimum atomic E-state index is 0.695. The van der Waals surface area contributed by atoms with E-state index in [2.05, 4.69) is 20.2 Å². The lowest BCUT2D eigenvalue weighted by atomic mass is 10.2. The van der Waals surface area contributed by atoms with Gasteiger partial charge in [0.2, 0.25) is 0 Å². The molecule has 0 amide bonds. The predicted octanol–water partition coefficient (Wildman–Crippen LogP) is 3.88. The first-order chi connectivity index (χ1) is 12.8. The van der Waals surface area contributed by atoms with E-state index >= 15 is 0 Å². The summed E-state index contributed by atoms with van der Waals surface area (Å²) in [6, 6.07) is 25.4. The standard InChI is InChI=1S/C19H16N6S/c20-15-10-4-5-11-16(15)21-17-12-6-7-13-18(17)22-19-23-25(24-26-19)14-8-2-1-3-9-14/h1-13,24H,(H2,20,22,23)/p+1. The number of nitrogens with two attached hydrogens (primary N) is 1. The van der Waals surface area contributed by atoms with Crippen LogP contribution in [0.5, 0.6) is 0 Å². The van der Waals surface area contributed by atoms with Crippen LogP contribution in [0.3, 0.4) is 0 Å². The van der Waals surface area contributed by atoms with Crippen LogP contribution in [0.25, 0.3) is 5.69 Å². The molecule has 0 spiro atoms. The average molecular weight is 361 g/mol. The van der Waals surface area contributed by atoms with E-state index in [9.17, 15) is 0 Å². The van der Waals surface area contributed by atoms with Gasteiger partial charge in [0.25, 0.3) is 10.8 Å². The van der Waals surface area contributed by atoms with Gasteiger partial charge in [0, 0.05) is 12.1 Å². The summed E-state index contributed by atoms with van der Waals surface area (Å²) in [5.41, 5.74) is 10.3. The number of hydrogen-bond acceptors (Lipinski definition) is 6. The van der Waals surface area contributed by atoms with Gasteiger partial charge in [0.15, 0.2) is 0 Å². The molecule has 4 rings (SSSR count). The largest absolute Gasteiger partial charge is 0.397 e. The number of benzene rings is 3. The molecular formula is C19H17N6S+. The second kappa shape index (κ2) is 7.20. The van der Waals surface area contributed by atoms with Crippen molar-refractivity contribution in [2.45, 2.75) is 0 Å². The van der Waals surface area contributed by atoms with Crippen LogP contribution in [0.1, 0.15) is 0 Å². The van der Waals surface area contributed by atoms with Gasteiger partial charge in [-0.3, -0.25) is 0 Å². The number of anilines is 5. The maximum absolute atomic E-state index is 6.03. The van der Waals surface area contributed by atoms with Gasteiger partial charge in [-0.05, 0) is 24.3 Å². The molecule has 0 saturated heterocycles. The van der Waals surface area contributed by atoms with Crippen molar-refractivity contribution in [3.8, 4) is 5.69 Å². The maximum Gasteiger partial charge on any atom is 0.280 e. The zero-order chi connectivity index (χ0) is 17.8. The molecule has 6 nitrogen and oxygen atoms in total. The van der Waals surface area contributed by atoms with Crippen molar-refractivity contribution in [1.29, 1.82) is 0 Å². The molecule has 0 fully saturated rings. The highest BCUT2D eigenvalue weighted by atomic mass is 32.1. The van der Waals surface area contributed by atoms with Crippen molar-refractivity contribution >= 4 is 39.4 Å². The summed E-state index contributed by atoms with van der Waals surface area (Å²) >= 11 is 1.30. The second-order valence-electron chi connectivity index (χ2n) is 5.59. The lowest BCUT2D eigenvalue weighted by molar-refractivity contribution is -0.709. The van der Waals surface area contributed by atoms with Crippen LogP contribution >= 0.6 is 11.5 Å². The van der Waals surface area contributed by atoms with Gasteiger partial charge in [-0.15, -0.1) is 0 Å². The molecule has 4 aromatic rings. The lowest BCUT2D eigenvalue weighted by Gasteiger charge is -2.13. The Morgan fingerprint density at radius 1 is 0.731 bits per heavy atom. The van der Waals surface area contributed by atoms with Crippen LogP contribution in [-0.4, -0.2) is 9.59 Å². The topological polar surface area (TPSA) is 79.7 Å². The fourth-order valence-electron chi connectivity index (χ4n) is 2.49. The van der Waals surface area contributed by atoms with Crippen molar-refractivity contribution < 1.29 is 4.80 Å². The van der Waals surface area contributed by atoms with Crippen molar-refractivity contribution in [3.63, 3.8) is 0 Å². The Kier molecular flexibility index (Phi) is 4.44. The molecule has 0 bridgehead atoms. The normalized spacial score (nSPS) is 10.5. The first kappa shape index (κ1) is 16.0. The van der Waals surface area contributed by atoms with E-state index in [1.54, 1.807) is 4.80 Å². The fraction of sp³-hybridized carbons (Fsp3) is 0. The molecule has 0 saturated carbocycles. The zero-order valence-electron chi connectivity index (χ0n) is 13.8. The molecule has 0 atom stereocenters. The Morgan fingerprint density at radius 2 is 1.35 bits per heavy atom. The molecule has 0 aliphatic rings. The van der Waals surface area contributed by atoms with Crippen LogP contribution in [-0.2, 0) is 0 Å². The van der Waals surface area contributed by atoms with E-state index in [-0.39, 0.29) is 0 Å². The van der Waals surface area contributed by atoms with Crippen LogP contribution < -0.4 is 21.2 Å². The Bertz CT molecular complexity index is 1020. The highest BCUT2D eigenvalue weighted by Crippen LogP contribution is 2.30. The maximum atomic E-state index is 6.03. The summed E-state index contributed by atoms with van der Waals surface area (Å²) in [7, 11) is 0. The monoisotopic (exact) mass is 361 g/mol. The third kappa shape index (κ3) is 3.47. The minimum Gasteiger partial charge on any atom is -0.397 e. The second-order valence-corrected chi connectivity index (χ2v) is 6.32. The Labute approximate surface area is 155 Å². The summed E-state index contributed by atoms with van der Waals surface area (Å²) in [6.45, 7) is 0. The van der Waals surface area contributed by atoms with Crippen molar-refractivity contribution in [1.82, 2.24) is 9.59 Å². The van der Waals surface area contributed by atoms with E-state index in [4.69, 9.17) is 5.73 Å². The molecule has 26 heavy (non-hydrogen) atoms. The van der Waals surface area contributed by atoms with E-state index in [1.165, 1.54) is 11.5 Å². The van der Waals surface area contributed by atoms with E-state index in [1.807, 2.05) is 78.9 Å². The van der Waals surface area contributed by atoms with E-state index in [0.29, 0.717) is 10.8 Å². The van der Waals surface area contributed by atoms with Crippen molar-refractivity contribution in [3.05, 3.63) is 78.9 Å². The first-order valence-electron chi connectivity index (χ1n) is 8.09. The predicted molar refractivity (Wildman–Crippen MR) is 105 cm³/mol. The molecular weight excluding hydrogens is 344 g/mol. The highest BCUT2D eigenvalue weighted by Gasteiger charge is 2.16. The van der Waals surface area contributed by atoms with Gasteiger partial charge in [-0.25, -0.2) is 0 Å². The number of nitrogens with one attached hydrogen (secondary N) is 2. The van der Waals surface area contributed by atoms with Crippen LogP contribution in [0.15, 0.2) is 78.9 Å².